The van der Waals surface area contributed by atoms with E-state index in [9.17, 15) is 24.0 Å². The van der Waals surface area contributed by atoms with E-state index in [1.165, 1.54) is 0 Å². The molecule has 0 aromatic heterocycles. The number of hydrogen-bond donors (Lipinski definition) is 1. The summed E-state index contributed by atoms with van der Waals surface area (Å²) in [6.07, 6.45) is 4.26. The Balaban J connectivity index is -0.000000645. The predicted molar refractivity (Wildman–Crippen MR) is 177 cm³/mol. The number of amides is 2. The van der Waals surface area contributed by atoms with Crippen LogP contribution in [0.3, 0.4) is 0 Å². The van der Waals surface area contributed by atoms with Crippen LogP contribution in [-0.2, 0) is 38.1 Å². The van der Waals surface area contributed by atoms with Crippen molar-refractivity contribution < 1.29 is 42.9 Å². The van der Waals surface area contributed by atoms with Crippen LogP contribution in [0.1, 0.15) is 101 Å². The molecular weight excluding hydrogens is 608 g/mol. The minimum Gasteiger partial charge on any atom is -0.464 e. The number of rotatable bonds is 18. The first kappa shape index (κ1) is 47.3. The maximum atomic E-state index is 12.2. The summed E-state index contributed by atoms with van der Waals surface area (Å²) in [5.41, 5.74) is -0.157. The van der Waals surface area contributed by atoms with Gasteiger partial charge in [-0.1, -0.05) is 48.1 Å². The number of hydrogen-bond acceptors (Lipinski definition) is 11. The Hall–Kier alpha value is -4.13. The van der Waals surface area contributed by atoms with Gasteiger partial charge in [-0.05, 0) is 46.5 Å². The van der Waals surface area contributed by atoms with Gasteiger partial charge in [0.05, 0.1) is 36.9 Å². The van der Waals surface area contributed by atoms with Gasteiger partial charge in [0.15, 0.2) is 0 Å². The third-order valence-electron chi connectivity index (χ3n) is 6.61. The summed E-state index contributed by atoms with van der Waals surface area (Å²) < 4.78 is 19.1. The van der Waals surface area contributed by atoms with Crippen LogP contribution in [0.2, 0.25) is 0 Å². The van der Waals surface area contributed by atoms with E-state index in [4.69, 9.17) is 24.7 Å². The summed E-state index contributed by atoms with van der Waals surface area (Å²) in [5, 5.41) is 19.0. The standard InChI is InChI=1S/C13H24N2O.C13H21NO6.C8H13NO2/c1-6-11(2)12(16)15(13(3,4)5)10-8-7-9-14;1-4-10(3)12(16)19-8-9-20-13(17)14-6-7-18-11(15)5-2;1-3-7(2)8(10)11-6-4-5-9/h11H,6-8,10H2,1-5H3;5,10H,2,4,6-9H2,1,3H3,(H,14,17);7H,3-4,6H2,1-2H3. The molecule has 0 saturated carbocycles. The molecule has 0 heterocycles. The Morgan fingerprint density at radius 1 is 0.766 bits per heavy atom. The smallest absolute Gasteiger partial charge is 0.407 e. The van der Waals surface area contributed by atoms with Gasteiger partial charge in [0.2, 0.25) is 5.91 Å². The zero-order valence-corrected chi connectivity index (χ0v) is 30.0. The maximum absolute atomic E-state index is 12.2. The summed E-state index contributed by atoms with van der Waals surface area (Å²) in [7, 11) is 0. The molecule has 0 radical (unpaired) electrons. The van der Waals surface area contributed by atoms with Crippen molar-refractivity contribution in [1.29, 1.82) is 10.5 Å². The zero-order chi connectivity index (χ0) is 36.8. The summed E-state index contributed by atoms with van der Waals surface area (Å²) in [6.45, 7) is 21.8. The van der Waals surface area contributed by atoms with Crippen molar-refractivity contribution in [3.05, 3.63) is 12.7 Å². The average molecular weight is 667 g/mol. The van der Waals surface area contributed by atoms with Gasteiger partial charge in [0, 0.05) is 30.5 Å². The number of unbranched alkanes of at least 4 members (excludes halogenated alkanes) is 1. The van der Waals surface area contributed by atoms with E-state index in [-0.39, 0.29) is 80.5 Å². The molecular formula is C34H58N4O9. The second kappa shape index (κ2) is 29.3. The van der Waals surface area contributed by atoms with E-state index in [1.54, 1.807) is 6.92 Å². The van der Waals surface area contributed by atoms with Crippen molar-refractivity contribution in [2.45, 2.75) is 106 Å². The van der Waals surface area contributed by atoms with Crippen molar-refractivity contribution in [2.75, 3.05) is 39.5 Å². The summed E-state index contributed by atoms with van der Waals surface area (Å²) in [6, 6.07) is 4.02. The monoisotopic (exact) mass is 666 g/mol. The van der Waals surface area contributed by atoms with Crippen LogP contribution in [0, 0.1) is 40.4 Å². The van der Waals surface area contributed by atoms with Gasteiger partial charge in [0.25, 0.3) is 0 Å². The SMILES string of the molecule is C=CC(=O)OCCNC(=O)OCCOC(=O)C(C)CC.CCC(C)C(=O)N(CCCC#N)C(C)(C)C.CCC(C)C(=O)OCCC#N. The summed E-state index contributed by atoms with van der Waals surface area (Å²) >= 11 is 0. The van der Waals surface area contributed by atoms with Crippen molar-refractivity contribution in [3.8, 4) is 12.1 Å². The molecule has 0 aliphatic heterocycles. The van der Waals surface area contributed by atoms with E-state index in [2.05, 4.69) is 22.7 Å². The normalized spacial score (nSPS) is 11.9. The Morgan fingerprint density at radius 2 is 1.26 bits per heavy atom. The first-order valence-electron chi connectivity index (χ1n) is 16.2. The van der Waals surface area contributed by atoms with Crippen LogP contribution in [0.4, 0.5) is 4.79 Å². The number of ether oxygens (including phenoxy) is 4. The van der Waals surface area contributed by atoms with Crippen LogP contribution >= 0.6 is 0 Å². The van der Waals surface area contributed by atoms with Crippen molar-refractivity contribution in [3.63, 3.8) is 0 Å². The molecule has 0 aliphatic carbocycles. The highest BCUT2D eigenvalue weighted by Crippen LogP contribution is 2.19. The molecule has 2 amide bonds. The molecule has 1 N–H and O–H groups in total. The molecule has 3 unspecified atom stereocenters. The van der Waals surface area contributed by atoms with E-state index >= 15 is 0 Å². The van der Waals surface area contributed by atoms with E-state index in [0.717, 1.165) is 25.3 Å². The quantitative estimate of drug-likeness (QED) is 0.0845. The molecule has 0 fully saturated rings. The lowest BCUT2D eigenvalue weighted by molar-refractivity contribution is -0.149. The fourth-order valence-corrected chi connectivity index (χ4v) is 3.04. The third-order valence-corrected chi connectivity index (χ3v) is 6.61. The second-order valence-electron chi connectivity index (χ2n) is 11.5. The van der Waals surface area contributed by atoms with Gasteiger partial charge in [-0.2, -0.15) is 10.5 Å². The number of nitriles is 2. The van der Waals surface area contributed by atoms with Crippen molar-refractivity contribution in [2.24, 2.45) is 17.8 Å². The molecule has 13 heteroatoms. The first-order chi connectivity index (χ1) is 22.1. The molecule has 3 atom stereocenters. The molecule has 0 aliphatic rings. The van der Waals surface area contributed by atoms with Gasteiger partial charge in [-0.3, -0.25) is 14.4 Å². The topological polar surface area (TPSA) is 185 Å². The Kier molecular flexibility index (Phi) is 29.5. The lowest BCUT2D eigenvalue weighted by atomic mass is 10.00. The summed E-state index contributed by atoms with van der Waals surface area (Å²) in [4.78, 5) is 58.1. The number of nitrogens with zero attached hydrogens (tertiary/aromatic N) is 3. The molecule has 268 valence electrons. The molecule has 47 heavy (non-hydrogen) atoms. The number of carbonyl (C=O) groups is 5. The molecule has 0 aromatic carbocycles. The van der Waals surface area contributed by atoms with Crippen molar-refractivity contribution >= 4 is 29.9 Å². The maximum Gasteiger partial charge on any atom is 0.407 e. The fourth-order valence-electron chi connectivity index (χ4n) is 3.04. The van der Waals surface area contributed by atoms with Gasteiger partial charge >= 0.3 is 24.0 Å². The van der Waals surface area contributed by atoms with Gasteiger partial charge in [0.1, 0.15) is 26.4 Å². The van der Waals surface area contributed by atoms with Crippen molar-refractivity contribution in [1.82, 2.24) is 10.2 Å². The largest absolute Gasteiger partial charge is 0.464 e. The zero-order valence-electron chi connectivity index (χ0n) is 30.0. The second-order valence-corrected chi connectivity index (χ2v) is 11.5. The Labute approximate surface area is 281 Å². The van der Waals surface area contributed by atoms with Crippen LogP contribution < -0.4 is 5.32 Å². The molecule has 0 aromatic rings. The number of carbonyl (C=O) groups excluding carboxylic acids is 5. The minimum atomic E-state index is -0.667. The number of nitrogens with one attached hydrogen (secondary N) is 1. The lowest BCUT2D eigenvalue weighted by Gasteiger charge is -2.37. The minimum absolute atomic E-state index is 0.0159. The molecule has 0 spiro atoms. The number of alkyl carbamates (subject to hydrolysis) is 1. The molecule has 13 nitrogen and oxygen atoms in total. The third kappa shape index (κ3) is 26.8. The predicted octanol–water partition coefficient (Wildman–Crippen LogP) is 5.48. The highest BCUT2D eigenvalue weighted by molar-refractivity contribution is 5.81. The molecule has 0 bridgehead atoms. The van der Waals surface area contributed by atoms with E-state index in [1.807, 2.05) is 66.4 Å². The van der Waals surface area contributed by atoms with Crippen LogP contribution in [0.25, 0.3) is 0 Å². The highest BCUT2D eigenvalue weighted by Gasteiger charge is 2.28. The highest BCUT2D eigenvalue weighted by atomic mass is 16.6. The van der Waals surface area contributed by atoms with Gasteiger partial charge in [-0.15, -0.1) is 0 Å². The van der Waals surface area contributed by atoms with Crippen LogP contribution in [-0.4, -0.2) is 79.9 Å². The lowest BCUT2D eigenvalue weighted by Crippen LogP contribution is -2.48. The van der Waals surface area contributed by atoms with Crippen LogP contribution in [0.15, 0.2) is 12.7 Å². The molecule has 0 rings (SSSR count). The van der Waals surface area contributed by atoms with Gasteiger partial charge in [-0.25, -0.2) is 9.59 Å². The first-order valence-corrected chi connectivity index (χ1v) is 16.2. The van der Waals surface area contributed by atoms with E-state index in [0.29, 0.717) is 19.4 Å². The van der Waals surface area contributed by atoms with Crippen LogP contribution in [0.5, 0.6) is 0 Å². The Morgan fingerprint density at radius 3 is 1.70 bits per heavy atom. The number of esters is 3. The average Bonchev–Trinajstić information content (AvgIpc) is 3.05. The summed E-state index contributed by atoms with van der Waals surface area (Å²) in [5.74, 6) is -1.01. The fraction of sp³-hybridized carbons (Fsp3) is 0.735. The van der Waals surface area contributed by atoms with E-state index < -0.39 is 12.1 Å². The molecule has 0 saturated heterocycles. The van der Waals surface area contributed by atoms with Gasteiger partial charge < -0.3 is 29.2 Å². The Bertz CT molecular complexity index is 1010.